The Morgan fingerprint density at radius 2 is 1.50 bits per heavy atom. The fourth-order valence-corrected chi connectivity index (χ4v) is 9.07. The van der Waals surface area contributed by atoms with E-state index in [-0.39, 0.29) is 0 Å². The van der Waals surface area contributed by atoms with Crippen molar-refractivity contribution in [2.24, 2.45) is 52.3 Å². The molecule has 0 heteroatoms. The predicted octanol–water partition coefficient (Wildman–Crippen LogP) is 8.11. The molecule has 4 rings (SSSR count). The van der Waals surface area contributed by atoms with E-state index in [0.29, 0.717) is 10.8 Å². The normalized spacial score (nSPS) is 49.4. The minimum Gasteiger partial charge on any atom is -0.0628 e. The smallest absolute Gasteiger partial charge is 0.0264 e. The maximum Gasteiger partial charge on any atom is -0.0264 e. The van der Waals surface area contributed by atoms with E-state index < -0.39 is 0 Å². The fraction of sp³-hybridized carbons (Fsp3) is 1.00. The zero-order valence-electron chi connectivity index (χ0n) is 18.5. The summed E-state index contributed by atoms with van der Waals surface area (Å²) in [4.78, 5) is 0. The van der Waals surface area contributed by atoms with Crippen LogP contribution in [0, 0.1) is 52.3 Å². The summed E-state index contributed by atoms with van der Waals surface area (Å²) in [5.41, 5.74) is 1.39. The van der Waals surface area contributed by atoms with Crippen molar-refractivity contribution >= 4 is 0 Å². The number of rotatable bonds is 4. The van der Waals surface area contributed by atoms with Crippen molar-refractivity contribution in [3.8, 4) is 0 Å². The molecule has 8 atom stereocenters. The molecule has 0 aromatic heterocycles. The molecule has 0 radical (unpaired) electrons. The van der Waals surface area contributed by atoms with E-state index in [4.69, 9.17) is 0 Å². The molecule has 0 amide bonds. The Morgan fingerprint density at radius 3 is 2.27 bits per heavy atom. The van der Waals surface area contributed by atoms with Gasteiger partial charge in [-0.15, -0.1) is 0 Å². The van der Waals surface area contributed by atoms with Crippen LogP contribution in [0.3, 0.4) is 0 Å². The van der Waals surface area contributed by atoms with Gasteiger partial charge in [-0.25, -0.2) is 0 Å². The predicted molar refractivity (Wildman–Crippen MR) is 113 cm³/mol. The molecule has 4 aliphatic carbocycles. The lowest BCUT2D eigenvalue weighted by Gasteiger charge is -2.61. The Kier molecular flexibility index (Phi) is 5.28. The molecule has 0 N–H and O–H groups in total. The van der Waals surface area contributed by atoms with Crippen molar-refractivity contribution in [1.29, 1.82) is 0 Å². The van der Waals surface area contributed by atoms with Gasteiger partial charge in [-0.3, -0.25) is 0 Å². The standard InChI is InChI=1S/C26H46/c1-18(2)9-10-19(3)22-13-14-23-21-12-11-20-8-6-7-16-25(20,4)24(21)15-17-26(22,23)5/h18-24H,6-17H2,1-5H3. The maximum atomic E-state index is 2.74. The zero-order valence-corrected chi connectivity index (χ0v) is 18.5. The van der Waals surface area contributed by atoms with E-state index in [1.165, 1.54) is 25.7 Å². The van der Waals surface area contributed by atoms with Gasteiger partial charge in [-0.2, -0.15) is 0 Å². The second-order valence-electron chi connectivity index (χ2n) is 12.1. The van der Waals surface area contributed by atoms with Crippen LogP contribution < -0.4 is 0 Å². The Hall–Kier alpha value is 0. The third kappa shape index (κ3) is 3.00. The maximum absolute atomic E-state index is 2.74. The summed E-state index contributed by atoms with van der Waals surface area (Å²) in [6.45, 7) is 12.9. The first-order valence-corrected chi connectivity index (χ1v) is 12.4. The largest absolute Gasteiger partial charge is 0.0628 e. The van der Waals surface area contributed by atoms with Crippen LogP contribution in [-0.4, -0.2) is 0 Å². The number of hydrogen-bond acceptors (Lipinski definition) is 0. The van der Waals surface area contributed by atoms with Crippen LogP contribution in [0.4, 0.5) is 0 Å². The molecule has 150 valence electrons. The molecule has 0 aliphatic heterocycles. The third-order valence-corrected chi connectivity index (χ3v) is 10.5. The molecule has 0 bridgehead atoms. The zero-order chi connectivity index (χ0) is 18.5. The summed E-state index contributed by atoms with van der Waals surface area (Å²) >= 11 is 0. The molecule has 0 heterocycles. The quantitative estimate of drug-likeness (QED) is 0.476. The highest BCUT2D eigenvalue weighted by molar-refractivity contribution is 5.09. The molecule has 4 aliphatic rings. The molecule has 0 saturated heterocycles. The highest BCUT2D eigenvalue weighted by Gasteiger charge is 2.59. The summed E-state index contributed by atoms with van der Waals surface area (Å²) < 4.78 is 0. The van der Waals surface area contributed by atoms with E-state index in [0.717, 1.165) is 41.4 Å². The highest BCUT2D eigenvalue weighted by atomic mass is 14.6. The topological polar surface area (TPSA) is 0 Å². The summed E-state index contributed by atoms with van der Waals surface area (Å²) in [5.74, 6) is 7.13. The average molecular weight is 359 g/mol. The first-order valence-electron chi connectivity index (χ1n) is 12.4. The molecule has 4 saturated carbocycles. The lowest BCUT2D eigenvalue weighted by molar-refractivity contribution is -0.114. The Morgan fingerprint density at radius 1 is 0.731 bits per heavy atom. The van der Waals surface area contributed by atoms with E-state index in [2.05, 4.69) is 34.6 Å². The van der Waals surface area contributed by atoms with E-state index >= 15 is 0 Å². The van der Waals surface area contributed by atoms with Crippen molar-refractivity contribution in [2.75, 3.05) is 0 Å². The first kappa shape index (κ1) is 19.3. The number of fused-ring (bicyclic) bond motifs is 5. The van der Waals surface area contributed by atoms with Crippen LogP contribution in [0.1, 0.15) is 112 Å². The van der Waals surface area contributed by atoms with Gasteiger partial charge in [0, 0.05) is 0 Å². The summed E-state index contributed by atoms with van der Waals surface area (Å²) in [5, 5.41) is 0. The monoisotopic (exact) mass is 358 g/mol. The van der Waals surface area contributed by atoms with Crippen molar-refractivity contribution in [1.82, 2.24) is 0 Å². The lowest BCUT2D eigenvalue weighted by atomic mass is 9.44. The molecule has 8 unspecified atom stereocenters. The van der Waals surface area contributed by atoms with Crippen LogP contribution in [0.5, 0.6) is 0 Å². The van der Waals surface area contributed by atoms with Gasteiger partial charge in [0.25, 0.3) is 0 Å². The Balaban J connectivity index is 1.51. The van der Waals surface area contributed by atoms with Crippen molar-refractivity contribution < 1.29 is 0 Å². The minimum atomic E-state index is 0.676. The van der Waals surface area contributed by atoms with E-state index in [1.54, 1.807) is 51.4 Å². The molecule has 26 heavy (non-hydrogen) atoms. The van der Waals surface area contributed by atoms with Gasteiger partial charge in [0.05, 0.1) is 0 Å². The molecule has 0 aromatic carbocycles. The minimum absolute atomic E-state index is 0.676. The van der Waals surface area contributed by atoms with Gasteiger partial charge < -0.3 is 0 Å². The average Bonchev–Trinajstić information content (AvgIpc) is 2.96. The second kappa shape index (κ2) is 7.11. The van der Waals surface area contributed by atoms with Crippen LogP contribution in [0.15, 0.2) is 0 Å². The van der Waals surface area contributed by atoms with E-state index in [1.807, 2.05) is 0 Å². The molecule has 0 aromatic rings. The van der Waals surface area contributed by atoms with Crippen LogP contribution in [0.25, 0.3) is 0 Å². The van der Waals surface area contributed by atoms with Gasteiger partial charge >= 0.3 is 0 Å². The summed E-state index contributed by atoms with van der Waals surface area (Å²) in [7, 11) is 0. The van der Waals surface area contributed by atoms with Crippen LogP contribution >= 0.6 is 0 Å². The second-order valence-corrected chi connectivity index (χ2v) is 12.1. The highest BCUT2D eigenvalue weighted by Crippen LogP contribution is 2.68. The van der Waals surface area contributed by atoms with Crippen LogP contribution in [-0.2, 0) is 0 Å². The van der Waals surface area contributed by atoms with Crippen molar-refractivity contribution in [2.45, 2.75) is 112 Å². The lowest BCUT2D eigenvalue weighted by Crippen LogP contribution is -2.53. The van der Waals surface area contributed by atoms with E-state index in [9.17, 15) is 0 Å². The van der Waals surface area contributed by atoms with Crippen molar-refractivity contribution in [3.05, 3.63) is 0 Å². The third-order valence-electron chi connectivity index (χ3n) is 10.5. The van der Waals surface area contributed by atoms with Gasteiger partial charge in [-0.1, -0.05) is 60.3 Å². The molecule has 0 nitrogen and oxygen atoms in total. The van der Waals surface area contributed by atoms with Gasteiger partial charge in [0.1, 0.15) is 0 Å². The van der Waals surface area contributed by atoms with Gasteiger partial charge in [-0.05, 0) is 104 Å². The number of hydrogen-bond donors (Lipinski definition) is 0. The summed E-state index contributed by atoms with van der Waals surface area (Å²) in [6.07, 6.45) is 18.4. The van der Waals surface area contributed by atoms with Gasteiger partial charge in [0.15, 0.2) is 0 Å². The van der Waals surface area contributed by atoms with Crippen LogP contribution in [0.2, 0.25) is 0 Å². The molecule has 4 fully saturated rings. The van der Waals surface area contributed by atoms with Crippen molar-refractivity contribution in [3.63, 3.8) is 0 Å². The molecular weight excluding hydrogens is 312 g/mol. The molecular formula is C26H46. The fourth-order valence-electron chi connectivity index (χ4n) is 9.07. The van der Waals surface area contributed by atoms with Gasteiger partial charge in [0.2, 0.25) is 0 Å². The Bertz CT molecular complexity index is 492. The SMILES string of the molecule is CC(C)CCC(C)C1CCC2C3CCC4CCCCC4(C)C3CCC12C. The molecule has 0 spiro atoms. The Labute approximate surface area is 164 Å². The first-order chi connectivity index (χ1) is 12.4. The summed E-state index contributed by atoms with van der Waals surface area (Å²) in [6, 6.07) is 0.